The molecule has 1 aromatic rings. The van der Waals surface area contributed by atoms with E-state index >= 15 is 0 Å². The molecule has 1 N–H and O–H groups in total. The van der Waals surface area contributed by atoms with Gasteiger partial charge in [0.1, 0.15) is 12.7 Å². The van der Waals surface area contributed by atoms with Crippen molar-refractivity contribution in [2.75, 3.05) is 13.7 Å². The van der Waals surface area contributed by atoms with Gasteiger partial charge in [0, 0.05) is 32.5 Å². The fourth-order valence-corrected chi connectivity index (χ4v) is 3.24. The summed E-state index contributed by atoms with van der Waals surface area (Å²) in [5.74, 6) is -2.65. The molecule has 1 saturated heterocycles. The number of H-pyrrole nitrogens is 1. The number of carbonyl (C=O) groups excluding carboxylic acids is 4. The predicted octanol–water partition coefficient (Wildman–Crippen LogP) is -0.0547. The number of ether oxygens (including phenoxy) is 5. The summed E-state index contributed by atoms with van der Waals surface area (Å²) in [5.41, 5.74) is -0.597. The third-order valence-corrected chi connectivity index (χ3v) is 4.53. The topological polar surface area (TPSA) is 152 Å². The van der Waals surface area contributed by atoms with Gasteiger partial charge in [-0.1, -0.05) is 0 Å². The summed E-state index contributed by atoms with van der Waals surface area (Å²) >= 11 is 5.19. The van der Waals surface area contributed by atoms with E-state index in [1.54, 1.807) is 0 Å². The van der Waals surface area contributed by atoms with E-state index in [1.165, 1.54) is 24.8 Å². The minimum atomic E-state index is -1.19. The van der Waals surface area contributed by atoms with Gasteiger partial charge in [-0.2, -0.15) is 0 Å². The number of methoxy groups -OCH3 is 1. The Morgan fingerprint density at radius 3 is 2.26 bits per heavy atom. The van der Waals surface area contributed by atoms with Crippen LogP contribution >= 0.6 is 12.2 Å². The first-order chi connectivity index (χ1) is 14.5. The van der Waals surface area contributed by atoms with Crippen molar-refractivity contribution < 1.29 is 42.9 Å². The van der Waals surface area contributed by atoms with Crippen LogP contribution in [0.2, 0.25) is 0 Å². The standard InChI is InChI=1S/C18H22N2O10S/c1-8(21)27-7-12-14(28-9(2)22)15(29-10(3)23)17(30-12)20-6-11(5-13(24)26-4)16(25)19-18(20)31/h6,12,14-15,17H,5,7H2,1-4H3,(H,19,25,31). The Morgan fingerprint density at radius 2 is 1.71 bits per heavy atom. The second-order valence-corrected chi connectivity index (χ2v) is 6.98. The average molecular weight is 458 g/mol. The van der Waals surface area contributed by atoms with Gasteiger partial charge >= 0.3 is 23.9 Å². The summed E-state index contributed by atoms with van der Waals surface area (Å²) in [6, 6.07) is 0. The predicted molar refractivity (Wildman–Crippen MR) is 103 cm³/mol. The summed E-state index contributed by atoms with van der Waals surface area (Å²) in [6.07, 6.45) is -3.57. The molecule has 0 spiro atoms. The van der Waals surface area contributed by atoms with Gasteiger partial charge in [0.2, 0.25) is 0 Å². The van der Waals surface area contributed by atoms with Crippen LogP contribution in [-0.2, 0) is 49.3 Å². The molecule has 0 aliphatic carbocycles. The quantitative estimate of drug-likeness (QED) is 0.332. The Bertz CT molecular complexity index is 984. The lowest BCUT2D eigenvalue weighted by Gasteiger charge is -2.24. The van der Waals surface area contributed by atoms with E-state index in [2.05, 4.69) is 9.72 Å². The second kappa shape index (κ2) is 10.3. The normalized spacial score (nSPS) is 22.5. The van der Waals surface area contributed by atoms with Crippen molar-refractivity contribution in [3.05, 3.63) is 26.9 Å². The minimum absolute atomic E-state index is 0.0121. The fraction of sp³-hybridized carbons (Fsp3) is 0.556. The van der Waals surface area contributed by atoms with Crippen LogP contribution in [0.4, 0.5) is 0 Å². The molecular formula is C18H22N2O10S. The molecular weight excluding hydrogens is 436 g/mol. The molecule has 2 heterocycles. The smallest absolute Gasteiger partial charge is 0.310 e. The van der Waals surface area contributed by atoms with Crippen molar-refractivity contribution in [1.29, 1.82) is 0 Å². The Labute approximate surface area is 181 Å². The van der Waals surface area contributed by atoms with Gasteiger partial charge in [0.25, 0.3) is 5.56 Å². The first-order valence-corrected chi connectivity index (χ1v) is 9.48. The van der Waals surface area contributed by atoms with Crippen LogP contribution in [-0.4, -0.2) is 65.5 Å². The Balaban J connectivity index is 2.51. The molecule has 0 saturated carbocycles. The lowest BCUT2D eigenvalue weighted by molar-refractivity contribution is -0.166. The maximum absolute atomic E-state index is 12.2. The van der Waals surface area contributed by atoms with Crippen molar-refractivity contribution in [2.45, 2.75) is 51.7 Å². The molecule has 4 atom stereocenters. The monoisotopic (exact) mass is 458 g/mol. The lowest BCUT2D eigenvalue weighted by atomic mass is 10.1. The molecule has 0 aromatic carbocycles. The largest absolute Gasteiger partial charge is 0.469 e. The summed E-state index contributed by atoms with van der Waals surface area (Å²) in [7, 11) is 1.17. The molecule has 170 valence electrons. The van der Waals surface area contributed by atoms with Gasteiger partial charge in [-0.15, -0.1) is 0 Å². The lowest BCUT2D eigenvalue weighted by Crippen LogP contribution is -2.40. The third-order valence-electron chi connectivity index (χ3n) is 4.22. The van der Waals surface area contributed by atoms with Gasteiger partial charge in [-0.25, -0.2) is 0 Å². The van der Waals surface area contributed by atoms with E-state index in [0.717, 1.165) is 13.8 Å². The Hall–Kier alpha value is -3.06. The van der Waals surface area contributed by atoms with Crippen LogP contribution in [0.25, 0.3) is 0 Å². The Morgan fingerprint density at radius 1 is 1.10 bits per heavy atom. The van der Waals surface area contributed by atoms with E-state index in [9.17, 15) is 24.0 Å². The number of aromatic nitrogens is 2. The van der Waals surface area contributed by atoms with E-state index in [1.807, 2.05) is 0 Å². The zero-order valence-electron chi connectivity index (χ0n) is 17.2. The summed E-state index contributed by atoms with van der Waals surface area (Å²) in [4.78, 5) is 60.8. The maximum Gasteiger partial charge on any atom is 0.310 e. The summed E-state index contributed by atoms with van der Waals surface area (Å²) in [5, 5.41) is 0. The minimum Gasteiger partial charge on any atom is -0.469 e. The molecule has 4 unspecified atom stereocenters. The van der Waals surface area contributed by atoms with Gasteiger partial charge in [-0.3, -0.25) is 33.5 Å². The van der Waals surface area contributed by atoms with Gasteiger partial charge in [0.05, 0.1) is 13.5 Å². The van der Waals surface area contributed by atoms with Crippen molar-refractivity contribution in [1.82, 2.24) is 9.55 Å². The SMILES string of the molecule is COC(=O)Cc1cn(C2OC(COC(C)=O)C(OC(C)=O)C2OC(C)=O)c(=S)[nH]c1=O. The molecule has 13 heteroatoms. The highest BCUT2D eigenvalue weighted by molar-refractivity contribution is 7.71. The Kier molecular flexibility index (Phi) is 8.05. The number of nitrogens with one attached hydrogen (secondary N) is 1. The fourth-order valence-electron chi connectivity index (χ4n) is 2.99. The van der Waals surface area contributed by atoms with Crippen molar-refractivity contribution in [3.8, 4) is 0 Å². The molecule has 12 nitrogen and oxygen atoms in total. The van der Waals surface area contributed by atoms with Gasteiger partial charge in [0.15, 0.2) is 23.2 Å². The molecule has 31 heavy (non-hydrogen) atoms. The number of hydrogen-bond donors (Lipinski definition) is 1. The van der Waals surface area contributed by atoms with Gasteiger partial charge < -0.3 is 23.7 Å². The van der Waals surface area contributed by atoms with Gasteiger partial charge in [-0.05, 0) is 12.2 Å². The van der Waals surface area contributed by atoms with E-state index in [4.69, 9.17) is 31.2 Å². The highest BCUT2D eigenvalue weighted by Crippen LogP contribution is 2.34. The first-order valence-electron chi connectivity index (χ1n) is 9.08. The van der Waals surface area contributed by atoms with Crippen LogP contribution in [0.5, 0.6) is 0 Å². The van der Waals surface area contributed by atoms with Crippen LogP contribution in [0, 0.1) is 4.77 Å². The van der Waals surface area contributed by atoms with E-state index in [0.29, 0.717) is 0 Å². The molecule has 1 fully saturated rings. The van der Waals surface area contributed by atoms with Crippen molar-refractivity contribution in [2.24, 2.45) is 0 Å². The van der Waals surface area contributed by atoms with Crippen LogP contribution in [0.15, 0.2) is 11.0 Å². The highest BCUT2D eigenvalue weighted by atomic mass is 32.1. The number of rotatable bonds is 7. The molecule has 1 aromatic heterocycles. The third kappa shape index (κ3) is 6.21. The first kappa shape index (κ1) is 24.2. The van der Waals surface area contributed by atoms with Crippen LogP contribution < -0.4 is 5.56 Å². The number of hydrogen-bond acceptors (Lipinski definition) is 11. The molecule has 2 rings (SSSR count). The number of aromatic amines is 1. The molecule has 0 amide bonds. The number of nitrogens with zero attached hydrogens (tertiary/aromatic N) is 1. The van der Waals surface area contributed by atoms with Crippen LogP contribution in [0.1, 0.15) is 32.6 Å². The second-order valence-electron chi connectivity index (χ2n) is 6.59. The molecule has 1 aliphatic rings. The van der Waals surface area contributed by atoms with Crippen molar-refractivity contribution in [3.63, 3.8) is 0 Å². The van der Waals surface area contributed by atoms with E-state index in [-0.39, 0.29) is 23.4 Å². The average Bonchev–Trinajstić information content (AvgIpc) is 2.98. The molecule has 0 bridgehead atoms. The zero-order valence-corrected chi connectivity index (χ0v) is 18.1. The molecule has 1 aliphatic heterocycles. The summed E-state index contributed by atoms with van der Waals surface area (Å²) < 4.78 is 27.2. The molecule has 0 radical (unpaired) electrons. The number of carbonyl (C=O) groups is 4. The van der Waals surface area contributed by atoms with Crippen LogP contribution in [0.3, 0.4) is 0 Å². The number of esters is 4. The zero-order chi connectivity index (χ0) is 23.3. The van der Waals surface area contributed by atoms with E-state index < -0.39 is 54.0 Å². The highest BCUT2D eigenvalue weighted by Gasteiger charge is 2.50. The van der Waals surface area contributed by atoms with Crippen molar-refractivity contribution >= 4 is 36.1 Å². The summed E-state index contributed by atoms with van der Waals surface area (Å²) in [6.45, 7) is 3.19. The maximum atomic E-state index is 12.2.